The first kappa shape index (κ1) is 23.8. The Hall–Kier alpha value is -2.19. The molecule has 160 valence electrons. The first-order valence-electron chi connectivity index (χ1n) is 6.80. The molecule has 0 aliphatic heterocycles. The van der Waals surface area contributed by atoms with Crippen LogP contribution in [0.5, 0.6) is 0 Å². The first-order chi connectivity index (χ1) is 12.3. The van der Waals surface area contributed by atoms with Crippen LogP contribution in [0.25, 0.3) is 0 Å². The van der Waals surface area contributed by atoms with Gasteiger partial charge in [-0.1, -0.05) is 12.1 Å². The maximum atomic E-state index is 13.6. The van der Waals surface area contributed by atoms with Gasteiger partial charge >= 0.3 is 29.9 Å². The van der Waals surface area contributed by atoms with Gasteiger partial charge in [-0.3, -0.25) is 10.1 Å². The van der Waals surface area contributed by atoms with Gasteiger partial charge in [-0.2, -0.15) is 48.3 Å². The van der Waals surface area contributed by atoms with Gasteiger partial charge in [-0.05, 0) is 6.07 Å². The number of benzene rings is 1. The number of rotatable bonds is 7. The van der Waals surface area contributed by atoms with Crippen molar-refractivity contribution < 1.29 is 58.3 Å². The average molecular weight is 435 g/mol. The van der Waals surface area contributed by atoms with Crippen LogP contribution in [0.2, 0.25) is 0 Å². The summed E-state index contributed by atoms with van der Waals surface area (Å²) in [6, 6.07) is 3.04. The summed E-state index contributed by atoms with van der Waals surface area (Å²) in [6.45, 7) is 0. The molecule has 0 fully saturated rings. The Morgan fingerprint density at radius 2 is 1.32 bits per heavy atom. The average Bonchev–Trinajstić information content (AvgIpc) is 2.52. The number of halogens is 11. The maximum absolute atomic E-state index is 13.6. The van der Waals surface area contributed by atoms with E-state index in [1.807, 2.05) is 0 Å². The smallest absolute Gasteiger partial charge is 0.388 e. The highest BCUT2D eigenvalue weighted by Gasteiger charge is 2.87. The van der Waals surface area contributed by atoms with Crippen molar-refractivity contribution in [2.75, 3.05) is 0 Å². The van der Waals surface area contributed by atoms with E-state index in [1.54, 1.807) is 0 Å². The van der Waals surface area contributed by atoms with Crippen molar-refractivity contribution in [3.8, 4) is 0 Å². The Balaban J connectivity index is 3.33. The molecule has 1 atom stereocenters. The van der Waals surface area contributed by atoms with Crippen LogP contribution in [0, 0.1) is 10.1 Å². The van der Waals surface area contributed by atoms with Crippen LogP contribution >= 0.6 is 0 Å². The van der Waals surface area contributed by atoms with Gasteiger partial charge in [-0.15, -0.1) is 0 Å². The monoisotopic (exact) mass is 435 g/mol. The van der Waals surface area contributed by atoms with Crippen molar-refractivity contribution in [3.63, 3.8) is 0 Å². The van der Waals surface area contributed by atoms with Crippen molar-refractivity contribution in [2.45, 2.75) is 42.4 Å². The standard InChI is InChI=1S/C13H8F11NO3/c14-9(15,5-8(26)6-3-1-2-4-7(6)25(27)28)10(16,17)11(18,19)12(20,21)13(22,23)24/h1-4,8,26H,5H2. The molecule has 1 N–H and O–H groups in total. The highest BCUT2D eigenvalue weighted by Crippen LogP contribution is 2.58. The van der Waals surface area contributed by atoms with Crippen LogP contribution in [0.1, 0.15) is 18.1 Å². The summed E-state index contributed by atoms with van der Waals surface area (Å²) < 4.78 is 142. The van der Waals surface area contributed by atoms with E-state index in [2.05, 4.69) is 0 Å². The molecule has 0 aliphatic carbocycles. The normalized spacial score (nSPS) is 15.4. The summed E-state index contributed by atoms with van der Waals surface area (Å²) in [6.07, 6.45) is -13.1. The molecule has 0 saturated carbocycles. The van der Waals surface area contributed by atoms with Crippen LogP contribution in [-0.2, 0) is 0 Å². The Bertz CT molecular complexity index is 733. The van der Waals surface area contributed by atoms with E-state index < -0.39 is 58.6 Å². The minimum atomic E-state index is -7.61. The van der Waals surface area contributed by atoms with E-state index in [0.29, 0.717) is 12.1 Å². The second-order valence-electron chi connectivity index (χ2n) is 5.46. The molecular formula is C13H8F11NO3. The lowest BCUT2D eigenvalue weighted by atomic mass is 9.92. The quantitative estimate of drug-likeness (QED) is 0.367. The molecule has 15 heteroatoms. The predicted molar refractivity (Wildman–Crippen MR) is 68.5 cm³/mol. The number of aliphatic hydroxyl groups excluding tert-OH is 1. The number of alkyl halides is 11. The van der Waals surface area contributed by atoms with Crippen LogP contribution in [0.4, 0.5) is 54.0 Å². The van der Waals surface area contributed by atoms with Crippen molar-refractivity contribution in [3.05, 3.63) is 39.9 Å². The van der Waals surface area contributed by atoms with E-state index in [0.717, 1.165) is 12.1 Å². The summed E-state index contributed by atoms with van der Waals surface area (Å²) >= 11 is 0. The summed E-state index contributed by atoms with van der Waals surface area (Å²) in [5.41, 5.74) is -2.18. The molecule has 0 bridgehead atoms. The van der Waals surface area contributed by atoms with Gasteiger partial charge in [0.05, 0.1) is 16.6 Å². The SMILES string of the molecule is O=[N+]([O-])c1ccccc1C(O)CC(F)(F)C(F)(F)C(F)(F)C(F)(F)C(F)(F)F. The zero-order chi connectivity index (χ0) is 22.3. The van der Waals surface area contributed by atoms with Gasteiger partial charge in [-0.25, -0.2) is 0 Å². The van der Waals surface area contributed by atoms with Crippen molar-refractivity contribution in [1.82, 2.24) is 0 Å². The zero-order valence-corrected chi connectivity index (χ0v) is 13.0. The molecule has 0 amide bonds. The van der Waals surface area contributed by atoms with Crippen LogP contribution in [-0.4, -0.2) is 39.9 Å². The second-order valence-corrected chi connectivity index (χ2v) is 5.46. The largest absolute Gasteiger partial charge is 0.460 e. The predicted octanol–water partition coefficient (Wildman–Crippen LogP) is 5.12. The molecule has 0 radical (unpaired) electrons. The fourth-order valence-corrected chi connectivity index (χ4v) is 2.02. The molecule has 1 unspecified atom stereocenters. The van der Waals surface area contributed by atoms with Gasteiger partial charge in [0, 0.05) is 12.5 Å². The number of hydrogen-bond acceptors (Lipinski definition) is 3. The lowest BCUT2D eigenvalue weighted by Gasteiger charge is -2.37. The van der Waals surface area contributed by atoms with E-state index in [-0.39, 0.29) is 0 Å². The van der Waals surface area contributed by atoms with Crippen molar-refractivity contribution >= 4 is 5.69 Å². The third-order valence-corrected chi connectivity index (χ3v) is 3.55. The van der Waals surface area contributed by atoms with Crippen molar-refractivity contribution in [2.24, 2.45) is 0 Å². The summed E-state index contributed by atoms with van der Waals surface area (Å²) in [7, 11) is 0. The van der Waals surface area contributed by atoms with Gasteiger partial charge < -0.3 is 5.11 Å². The lowest BCUT2D eigenvalue weighted by molar-refractivity contribution is -0.423. The molecule has 1 aromatic carbocycles. The molecular weight excluding hydrogens is 427 g/mol. The summed E-state index contributed by atoms with van der Waals surface area (Å²) in [4.78, 5) is 9.44. The number of nitrogens with zero attached hydrogens (tertiary/aromatic N) is 1. The minimum Gasteiger partial charge on any atom is -0.388 e. The highest BCUT2D eigenvalue weighted by molar-refractivity contribution is 5.41. The molecule has 1 rings (SSSR count). The molecule has 0 spiro atoms. The Morgan fingerprint density at radius 3 is 1.75 bits per heavy atom. The number of nitro groups is 1. The molecule has 0 aliphatic rings. The molecule has 4 nitrogen and oxygen atoms in total. The number of para-hydroxylation sites is 1. The fraction of sp³-hybridized carbons (Fsp3) is 0.538. The van der Waals surface area contributed by atoms with Gasteiger partial charge in [0.15, 0.2) is 0 Å². The minimum absolute atomic E-state index is 0.569. The van der Waals surface area contributed by atoms with E-state index in [4.69, 9.17) is 0 Å². The number of hydrogen-bond donors (Lipinski definition) is 1. The third-order valence-electron chi connectivity index (χ3n) is 3.55. The van der Waals surface area contributed by atoms with Gasteiger partial charge in [0.1, 0.15) is 0 Å². The Kier molecular flexibility index (Phi) is 5.97. The van der Waals surface area contributed by atoms with E-state index in [1.165, 1.54) is 0 Å². The Labute approximate surface area is 147 Å². The molecule has 28 heavy (non-hydrogen) atoms. The molecule has 0 heterocycles. The Morgan fingerprint density at radius 1 is 0.857 bits per heavy atom. The van der Waals surface area contributed by atoms with E-state index >= 15 is 0 Å². The number of aliphatic hydroxyl groups is 1. The molecule has 0 aromatic heterocycles. The second kappa shape index (κ2) is 7.00. The van der Waals surface area contributed by atoms with Gasteiger partial charge in [0.2, 0.25) is 0 Å². The third kappa shape index (κ3) is 3.71. The van der Waals surface area contributed by atoms with E-state index in [9.17, 15) is 63.5 Å². The highest BCUT2D eigenvalue weighted by atomic mass is 19.4. The first-order valence-corrected chi connectivity index (χ1v) is 6.80. The lowest BCUT2D eigenvalue weighted by Crippen LogP contribution is -2.66. The molecule has 1 aromatic rings. The van der Waals surface area contributed by atoms with Crippen molar-refractivity contribution in [1.29, 1.82) is 0 Å². The van der Waals surface area contributed by atoms with Crippen LogP contribution in [0.3, 0.4) is 0 Å². The van der Waals surface area contributed by atoms with Gasteiger partial charge in [0.25, 0.3) is 5.69 Å². The zero-order valence-electron chi connectivity index (χ0n) is 13.0. The summed E-state index contributed by atoms with van der Waals surface area (Å²) in [5.74, 6) is -28.8. The van der Waals surface area contributed by atoms with Crippen LogP contribution in [0.15, 0.2) is 24.3 Å². The maximum Gasteiger partial charge on any atom is 0.460 e. The fourth-order valence-electron chi connectivity index (χ4n) is 2.02. The molecule has 0 saturated heterocycles. The summed E-state index contributed by atoms with van der Waals surface area (Å²) in [5, 5.41) is 20.2. The van der Waals surface area contributed by atoms with Crippen LogP contribution < -0.4 is 0 Å². The number of nitro benzene ring substituents is 1. The topological polar surface area (TPSA) is 63.4 Å².